The number of primary amides is 1. The van der Waals surface area contributed by atoms with Crippen LogP contribution in [-0.4, -0.2) is 59.1 Å². The van der Waals surface area contributed by atoms with Gasteiger partial charge in [-0.25, -0.2) is 13.2 Å². The van der Waals surface area contributed by atoms with Gasteiger partial charge in [0.05, 0.1) is 6.54 Å². The highest BCUT2D eigenvalue weighted by molar-refractivity contribution is 7.92. The Hall–Kier alpha value is -3.09. The van der Waals surface area contributed by atoms with Crippen molar-refractivity contribution in [2.45, 2.75) is 37.0 Å². The lowest BCUT2D eigenvalue weighted by atomic mass is 10.1. The summed E-state index contributed by atoms with van der Waals surface area (Å²) < 4.78 is 23.8. The van der Waals surface area contributed by atoms with Crippen LogP contribution in [-0.2, 0) is 21.2 Å². The smallest absolute Gasteiger partial charge is 0.328 e. The Morgan fingerprint density at radius 3 is 2.45 bits per heavy atom. The summed E-state index contributed by atoms with van der Waals surface area (Å²) in [6.45, 7) is 1.92. The molecule has 1 aromatic carbocycles. The van der Waals surface area contributed by atoms with Gasteiger partial charge in [-0.15, -0.1) is 0 Å². The number of rotatable bonds is 7. The van der Waals surface area contributed by atoms with E-state index in [0.29, 0.717) is 23.9 Å². The highest BCUT2D eigenvalue weighted by atomic mass is 32.2. The number of amides is 2. The molecular weight excluding hydrogens is 442 g/mol. The van der Waals surface area contributed by atoms with Crippen molar-refractivity contribution in [3.8, 4) is 11.8 Å². The number of aliphatic hydroxyl groups excluding tert-OH is 1. The Morgan fingerprint density at radius 1 is 1.24 bits per heavy atom. The van der Waals surface area contributed by atoms with Crippen LogP contribution in [0.25, 0.3) is 0 Å². The third-order valence-corrected chi connectivity index (χ3v) is 8.82. The fraction of sp³-hybridized carbons (Fsp3) is 0.417. The zero-order valence-corrected chi connectivity index (χ0v) is 19.4. The van der Waals surface area contributed by atoms with Crippen molar-refractivity contribution in [1.82, 2.24) is 9.47 Å². The number of hydrogen-bond acceptors (Lipinski definition) is 5. The zero-order chi connectivity index (χ0) is 24.0. The van der Waals surface area contributed by atoms with Gasteiger partial charge in [0, 0.05) is 42.4 Å². The SMILES string of the molecule is CC(CCN1Cc2cc(C#Cc3ccc([C@H]4C[C@@H]4CO)cc3)cn2C1=O)(C(N)=O)S(C)(=O)=O. The van der Waals surface area contributed by atoms with Crippen molar-refractivity contribution in [3.05, 3.63) is 58.9 Å². The fourth-order valence-corrected chi connectivity index (χ4v) is 4.95. The molecule has 4 rings (SSSR count). The molecule has 0 saturated heterocycles. The van der Waals surface area contributed by atoms with E-state index < -0.39 is 20.5 Å². The first-order chi connectivity index (χ1) is 15.5. The Kier molecular flexibility index (Phi) is 5.85. The van der Waals surface area contributed by atoms with Crippen LogP contribution in [0.4, 0.5) is 4.79 Å². The maximum atomic E-state index is 12.7. The third kappa shape index (κ3) is 4.41. The molecule has 2 amide bonds. The van der Waals surface area contributed by atoms with Gasteiger partial charge in [0.1, 0.15) is 4.75 Å². The number of nitrogens with zero attached hydrogens (tertiary/aromatic N) is 2. The largest absolute Gasteiger partial charge is 0.396 e. The Labute approximate surface area is 193 Å². The molecule has 0 radical (unpaired) electrons. The van der Waals surface area contributed by atoms with Crippen LogP contribution in [0, 0.1) is 17.8 Å². The lowest BCUT2D eigenvalue weighted by Crippen LogP contribution is -2.49. The molecule has 1 aliphatic carbocycles. The number of aliphatic hydroxyl groups is 1. The minimum atomic E-state index is -3.72. The number of fused-ring (bicyclic) bond motifs is 1. The summed E-state index contributed by atoms with van der Waals surface area (Å²) >= 11 is 0. The first kappa shape index (κ1) is 23.1. The van der Waals surface area contributed by atoms with E-state index in [1.807, 2.05) is 30.3 Å². The quantitative estimate of drug-likeness (QED) is 0.594. The molecule has 1 unspecified atom stereocenters. The predicted octanol–water partition coefficient (Wildman–Crippen LogP) is 1.45. The summed E-state index contributed by atoms with van der Waals surface area (Å²) in [4.78, 5) is 26.0. The monoisotopic (exact) mass is 469 g/mol. The van der Waals surface area contributed by atoms with Gasteiger partial charge in [0.2, 0.25) is 5.91 Å². The Morgan fingerprint density at radius 2 is 1.91 bits per heavy atom. The Balaban J connectivity index is 1.40. The topological polar surface area (TPSA) is 123 Å². The van der Waals surface area contributed by atoms with Gasteiger partial charge in [-0.1, -0.05) is 24.0 Å². The van der Waals surface area contributed by atoms with E-state index in [0.717, 1.165) is 23.9 Å². The maximum Gasteiger partial charge on any atom is 0.328 e. The highest BCUT2D eigenvalue weighted by Gasteiger charge is 2.43. The first-order valence-corrected chi connectivity index (χ1v) is 12.7. The van der Waals surface area contributed by atoms with Crippen molar-refractivity contribution >= 4 is 21.8 Å². The van der Waals surface area contributed by atoms with Crippen LogP contribution in [0.1, 0.15) is 48.1 Å². The van der Waals surface area contributed by atoms with Gasteiger partial charge >= 0.3 is 6.03 Å². The average Bonchev–Trinajstić information content (AvgIpc) is 3.36. The van der Waals surface area contributed by atoms with Gasteiger partial charge in [-0.3, -0.25) is 9.36 Å². The lowest BCUT2D eigenvalue weighted by Gasteiger charge is -2.26. The molecule has 2 aliphatic rings. The molecule has 3 N–H and O–H groups in total. The number of aromatic nitrogens is 1. The van der Waals surface area contributed by atoms with Crippen molar-refractivity contribution in [2.75, 3.05) is 19.4 Å². The molecule has 3 atom stereocenters. The molecule has 174 valence electrons. The van der Waals surface area contributed by atoms with Crippen LogP contribution >= 0.6 is 0 Å². The summed E-state index contributed by atoms with van der Waals surface area (Å²) in [5.74, 6) is 6.08. The molecule has 9 heteroatoms. The molecule has 1 fully saturated rings. The summed E-state index contributed by atoms with van der Waals surface area (Å²) in [7, 11) is -3.72. The summed E-state index contributed by atoms with van der Waals surface area (Å²) in [6, 6.07) is 9.56. The number of benzene rings is 1. The number of nitrogens with two attached hydrogens (primary N) is 1. The van der Waals surface area contributed by atoms with E-state index in [1.165, 1.54) is 22.0 Å². The molecule has 33 heavy (non-hydrogen) atoms. The van der Waals surface area contributed by atoms with Crippen molar-refractivity contribution in [3.63, 3.8) is 0 Å². The molecule has 1 saturated carbocycles. The van der Waals surface area contributed by atoms with Gasteiger partial charge in [0.15, 0.2) is 9.84 Å². The molecular formula is C24H27N3O5S. The van der Waals surface area contributed by atoms with Gasteiger partial charge < -0.3 is 15.7 Å². The van der Waals surface area contributed by atoms with E-state index in [1.54, 1.807) is 6.20 Å². The van der Waals surface area contributed by atoms with Gasteiger partial charge in [-0.05, 0) is 55.4 Å². The molecule has 2 heterocycles. The van der Waals surface area contributed by atoms with Crippen molar-refractivity contribution < 1.29 is 23.1 Å². The maximum absolute atomic E-state index is 12.7. The second-order valence-electron chi connectivity index (χ2n) is 9.07. The van der Waals surface area contributed by atoms with Crippen LogP contribution in [0.5, 0.6) is 0 Å². The van der Waals surface area contributed by atoms with Gasteiger partial charge in [-0.2, -0.15) is 0 Å². The number of carbonyl (C=O) groups is 2. The Bertz CT molecular complexity index is 1270. The lowest BCUT2D eigenvalue weighted by molar-refractivity contribution is -0.120. The molecule has 8 nitrogen and oxygen atoms in total. The number of carbonyl (C=O) groups excluding carboxylic acids is 2. The van der Waals surface area contributed by atoms with Crippen LogP contribution < -0.4 is 5.73 Å². The van der Waals surface area contributed by atoms with Crippen molar-refractivity contribution in [1.29, 1.82) is 0 Å². The second-order valence-corrected chi connectivity index (χ2v) is 11.5. The van der Waals surface area contributed by atoms with Gasteiger partial charge in [0.25, 0.3) is 0 Å². The van der Waals surface area contributed by atoms with E-state index in [2.05, 4.69) is 11.8 Å². The van der Waals surface area contributed by atoms with E-state index in [4.69, 9.17) is 5.73 Å². The predicted molar refractivity (Wildman–Crippen MR) is 123 cm³/mol. The normalized spacial score (nSPS) is 21.2. The van der Waals surface area contributed by atoms with Crippen LogP contribution in [0.15, 0.2) is 36.5 Å². The van der Waals surface area contributed by atoms with Crippen LogP contribution in [0.2, 0.25) is 0 Å². The van der Waals surface area contributed by atoms with E-state index >= 15 is 0 Å². The average molecular weight is 470 g/mol. The van der Waals surface area contributed by atoms with Crippen LogP contribution in [0.3, 0.4) is 0 Å². The number of hydrogen-bond donors (Lipinski definition) is 2. The minimum Gasteiger partial charge on any atom is -0.396 e. The first-order valence-electron chi connectivity index (χ1n) is 10.8. The fourth-order valence-electron chi connectivity index (χ4n) is 4.12. The molecule has 0 spiro atoms. The molecule has 1 aromatic heterocycles. The summed E-state index contributed by atoms with van der Waals surface area (Å²) in [6.07, 6.45) is 3.60. The summed E-state index contributed by atoms with van der Waals surface area (Å²) in [5.41, 5.74) is 8.88. The minimum absolute atomic E-state index is 0.0691. The molecule has 1 aliphatic heterocycles. The third-order valence-electron chi connectivity index (χ3n) is 6.77. The highest BCUT2D eigenvalue weighted by Crippen LogP contribution is 2.46. The molecule has 0 bridgehead atoms. The number of sulfone groups is 1. The standard InChI is InChI=1S/C24H27N3O5S/c1-24(22(25)29,33(2,31)32)9-10-26-14-20-11-17(13-27(20)23(26)30)4-3-16-5-7-18(8-6-16)21-12-19(21)15-28/h5-8,11,13,19,21,28H,9-10,12,14-15H2,1-2H3,(H2,25,29)/t19-,21-,24?/m1/s1. The second kappa shape index (κ2) is 8.36. The van der Waals surface area contributed by atoms with E-state index in [-0.39, 0.29) is 25.6 Å². The van der Waals surface area contributed by atoms with Crippen molar-refractivity contribution in [2.24, 2.45) is 11.7 Å². The zero-order valence-electron chi connectivity index (χ0n) is 18.6. The molecule has 2 aromatic rings. The summed E-state index contributed by atoms with van der Waals surface area (Å²) in [5, 5.41) is 9.21. The van der Waals surface area contributed by atoms with E-state index in [9.17, 15) is 23.1 Å².